The van der Waals surface area contributed by atoms with E-state index in [1.165, 1.54) is 12.1 Å². The van der Waals surface area contributed by atoms with Crippen LogP contribution < -0.4 is 9.04 Å². The van der Waals surface area contributed by atoms with Crippen LogP contribution >= 0.6 is 15.9 Å². The first-order valence-electron chi connectivity index (χ1n) is 11.7. The van der Waals surface area contributed by atoms with Crippen molar-refractivity contribution in [3.05, 3.63) is 88.4 Å². The lowest BCUT2D eigenvalue weighted by molar-refractivity contribution is -0.119. The number of hydrogen-bond acceptors (Lipinski definition) is 4. The first kappa shape index (κ1) is 27.0. The van der Waals surface area contributed by atoms with Crippen molar-refractivity contribution in [1.82, 2.24) is 0 Å². The van der Waals surface area contributed by atoms with Gasteiger partial charge in [-0.15, -0.1) is 0 Å². The Morgan fingerprint density at radius 3 is 2.23 bits per heavy atom. The third kappa shape index (κ3) is 6.73. The zero-order valence-corrected chi connectivity index (χ0v) is 23.0. The first-order chi connectivity index (χ1) is 16.5. The van der Waals surface area contributed by atoms with Crippen molar-refractivity contribution in [2.24, 2.45) is 0 Å². The fourth-order valence-corrected chi connectivity index (χ4v) is 5.50. The van der Waals surface area contributed by atoms with Gasteiger partial charge in [0, 0.05) is 10.0 Å². The predicted molar refractivity (Wildman–Crippen MR) is 145 cm³/mol. The summed E-state index contributed by atoms with van der Waals surface area (Å²) in [7, 11) is -4.14. The van der Waals surface area contributed by atoms with E-state index in [9.17, 15) is 13.2 Å². The molecule has 0 aromatic heterocycles. The van der Waals surface area contributed by atoms with Gasteiger partial charge in [-0.1, -0.05) is 80.4 Å². The topological polar surface area (TPSA) is 63.7 Å². The normalized spacial score (nSPS) is 11.8. The van der Waals surface area contributed by atoms with Crippen molar-refractivity contribution in [3.8, 4) is 5.75 Å². The summed E-state index contributed by atoms with van der Waals surface area (Å²) in [4.78, 5) is 13.5. The van der Waals surface area contributed by atoms with E-state index in [4.69, 9.17) is 4.74 Å². The van der Waals surface area contributed by atoms with Crippen molar-refractivity contribution in [3.63, 3.8) is 0 Å². The van der Waals surface area contributed by atoms with Crippen LogP contribution in [-0.2, 0) is 26.7 Å². The highest BCUT2D eigenvalue weighted by atomic mass is 79.9. The van der Waals surface area contributed by atoms with E-state index in [-0.39, 0.29) is 16.0 Å². The van der Waals surface area contributed by atoms with Gasteiger partial charge in [-0.05, 0) is 66.3 Å². The molecule has 0 atom stereocenters. The highest BCUT2D eigenvalue weighted by Gasteiger charge is 2.31. The average Bonchev–Trinajstić information content (AvgIpc) is 2.82. The molecule has 3 aromatic rings. The molecule has 0 heterocycles. The molecule has 0 spiro atoms. The molecular formula is C28H32BrNO4S. The van der Waals surface area contributed by atoms with Crippen molar-refractivity contribution in [1.29, 1.82) is 0 Å². The lowest BCUT2D eigenvalue weighted by Gasteiger charge is -2.25. The molecule has 0 aliphatic rings. The molecule has 0 aliphatic carbocycles. The molecule has 3 rings (SSSR count). The van der Waals surface area contributed by atoms with E-state index in [2.05, 4.69) is 43.6 Å². The van der Waals surface area contributed by atoms with Crippen LogP contribution in [0, 0.1) is 0 Å². The quantitative estimate of drug-likeness (QED) is 0.287. The average molecular weight is 559 g/mol. The Kier molecular flexibility index (Phi) is 8.78. The van der Waals surface area contributed by atoms with E-state index in [1.807, 2.05) is 24.3 Å². The van der Waals surface area contributed by atoms with Crippen LogP contribution in [0.25, 0.3) is 0 Å². The van der Waals surface area contributed by atoms with E-state index >= 15 is 0 Å². The number of benzene rings is 3. The van der Waals surface area contributed by atoms with Gasteiger partial charge in [-0.2, -0.15) is 4.31 Å². The largest absolute Gasteiger partial charge is 0.483 e. The van der Waals surface area contributed by atoms with Gasteiger partial charge in [0.1, 0.15) is 5.75 Å². The fraction of sp³-hybridized carbons (Fsp3) is 0.321. The van der Waals surface area contributed by atoms with Crippen LogP contribution in [0.15, 0.2) is 82.2 Å². The zero-order valence-electron chi connectivity index (χ0n) is 20.6. The number of carbonyl (C=O) groups is 1. The third-order valence-corrected chi connectivity index (χ3v) is 7.85. The van der Waals surface area contributed by atoms with E-state index < -0.39 is 22.5 Å². The molecule has 35 heavy (non-hydrogen) atoms. The summed E-state index contributed by atoms with van der Waals surface area (Å²) in [5, 5.41) is 0. The van der Waals surface area contributed by atoms with Crippen molar-refractivity contribution < 1.29 is 17.9 Å². The molecule has 0 saturated carbocycles. The number of aryl methyl sites for hydroxylation is 1. The summed E-state index contributed by atoms with van der Waals surface area (Å²) in [6.45, 7) is 7.85. The van der Waals surface area contributed by atoms with Gasteiger partial charge < -0.3 is 4.74 Å². The first-order valence-corrected chi connectivity index (χ1v) is 13.9. The number of anilines is 1. The summed E-state index contributed by atoms with van der Waals surface area (Å²) < 4.78 is 34.8. The Morgan fingerprint density at radius 2 is 1.63 bits per heavy atom. The molecular weight excluding hydrogens is 526 g/mol. The van der Waals surface area contributed by atoms with E-state index in [1.54, 1.807) is 36.4 Å². The van der Waals surface area contributed by atoms with Gasteiger partial charge in [0.2, 0.25) is 0 Å². The van der Waals surface area contributed by atoms with Crippen molar-refractivity contribution in [2.45, 2.75) is 57.3 Å². The number of halogens is 1. The van der Waals surface area contributed by atoms with Crippen LogP contribution in [0.1, 0.15) is 51.7 Å². The molecule has 5 nitrogen and oxygen atoms in total. The lowest BCUT2D eigenvalue weighted by Crippen LogP contribution is -2.40. The minimum Gasteiger partial charge on any atom is -0.483 e. The van der Waals surface area contributed by atoms with Crippen LogP contribution in [0.4, 0.5) is 5.69 Å². The van der Waals surface area contributed by atoms with Crippen molar-refractivity contribution in [2.75, 3.05) is 10.9 Å². The monoisotopic (exact) mass is 557 g/mol. The maximum absolute atomic E-state index is 13.6. The second kappa shape index (κ2) is 11.4. The molecule has 1 amide bonds. The predicted octanol–water partition coefficient (Wildman–Crippen LogP) is 6.89. The van der Waals surface area contributed by atoms with Crippen LogP contribution in [0.5, 0.6) is 5.75 Å². The molecule has 0 bridgehead atoms. The summed E-state index contributed by atoms with van der Waals surface area (Å²) >= 11 is 3.49. The Balaban J connectivity index is 1.95. The Labute approximate surface area is 217 Å². The van der Waals surface area contributed by atoms with Gasteiger partial charge in [-0.25, -0.2) is 8.42 Å². The highest BCUT2D eigenvalue weighted by Crippen LogP contribution is 2.34. The van der Waals surface area contributed by atoms with Crippen LogP contribution in [0.3, 0.4) is 0 Å². The highest BCUT2D eigenvalue weighted by molar-refractivity contribution is 9.10. The van der Waals surface area contributed by atoms with Gasteiger partial charge in [0.25, 0.3) is 15.9 Å². The second-order valence-corrected chi connectivity index (χ2v) is 12.1. The maximum Gasteiger partial charge on any atom is 0.278 e. The third-order valence-electron chi connectivity index (χ3n) is 5.60. The summed E-state index contributed by atoms with van der Waals surface area (Å²) in [6.07, 6.45) is 3.01. The molecule has 3 aromatic carbocycles. The zero-order chi connectivity index (χ0) is 25.6. The molecule has 0 saturated heterocycles. The second-order valence-electron chi connectivity index (χ2n) is 9.43. The summed E-state index contributed by atoms with van der Waals surface area (Å²) in [5.41, 5.74) is 2.07. The minimum absolute atomic E-state index is 0.0439. The molecule has 0 fully saturated rings. The van der Waals surface area contributed by atoms with Gasteiger partial charge in [0.15, 0.2) is 6.61 Å². The number of hydrogen-bond donors (Lipinski definition) is 0. The standard InChI is InChI=1S/C28H32BrNO4S/c1-5-6-10-21-13-16-23(17-14-21)30(35(32,33)24-11-8-7-9-12-24)27(31)20-34-26-18-15-22(29)19-25(26)28(2,3)4/h7-9,11-19H,5-6,10,20H2,1-4H3. The summed E-state index contributed by atoms with van der Waals surface area (Å²) in [6, 6.07) is 20.7. The molecule has 186 valence electrons. The Hall–Kier alpha value is -2.64. The fourth-order valence-electron chi connectivity index (χ4n) is 3.71. The smallest absolute Gasteiger partial charge is 0.278 e. The van der Waals surface area contributed by atoms with Crippen LogP contribution in [0.2, 0.25) is 0 Å². The SMILES string of the molecule is CCCCc1ccc(N(C(=O)COc2ccc(Br)cc2C(C)(C)C)S(=O)(=O)c2ccccc2)cc1. The number of carbonyl (C=O) groups excluding carboxylic acids is 1. The number of nitrogens with zero attached hydrogens (tertiary/aromatic N) is 1. The van der Waals surface area contributed by atoms with Gasteiger partial charge >= 0.3 is 0 Å². The maximum atomic E-state index is 13.6. The number of amides is 1. The Bertz CT molecular complexity index is 1250. The number of unbranched alkanes of at least 4 members (excludes halogenated alkanes) is 1. The van der Waals surface area contributed by atoms with Crippen molar-refractivity contribution >= 4 is 37.5 Å². The van der Waals surface area contributed by atoms with Crippen LogP contribution in [-0.4, -0.2) is 20.9 Å². The molecule has 0 unspecified atom stereocenters. The van der Waals surface area contributed by atoms with Gasteiger partial charge in [-0.3, -0.25) is 4.79 Å². The summed E-state index contributed by atoms with van der Waals surface area (Å²) in [5.74, 6) is -0.126. The molecule has 0 radical (unpaired) electrons. The van der Waals surface area contributed by atoms with Gasteiger partial charge in [0.05, 0.1) is 10.6 Å². The van der Waals surface area contributed by atoms with E-state index in [0.29, 0.717) is 5.75 Å². The number of sulfonamides is 1. The molecule has 0 aliphatic heterocycles. The molecule has 7 heteroatoms. The minimum atomic E-state index is -4.14. The Morgan fingerprint density at radius 1 is 0.971 bits per heavy atom. The number of rotatable bonds is 9. The lowest BCUT2D eigenvalue weighted by atomic mass is 9.86. The number of ether oxygens (including phenoxy) is 1. The molecule has 0 N–H and O–H groups in total. The van der Waals surface area contributed by atoms with E-state index in [0.717, 1.165) is 39.2 Å².